The maximum atomic E-state index is 13.9. The SMILES string of the molecule is CC(C)[C@@H](C)C=C[C@@H](C)[C@H]1CC[C@H]2C3=CCC4C[C@@H](O)CC[C@]4(C)[C@H](CC(=O)[C@]12C)O3. The molecule has 1 saturated heterocycles. The number of carbonyl (C=O) groups excluding carboxylic acids is 1. The fourth-order valence-electron chi connectivity index (χ4n) is 7.24. The van der Waals surface area contributed by atoms with Crippen LogP contribution in [-0.4, -0.2) is 23.1 Å². The Kier molecular flexibility index (Phi) is 6.22. The number of Topliss-reactive ketones (excluding diaryl/α,β-unsaturated/α-hetero) is 1. The number of ketones is 1. The summed E-state index contributed by atoms with van der Waals surface area (Å²) in [6.07, 6.45) is 13.1. The molecular formula is C28H44O3. The molecule has 31 heavy (non-hydrogen) atoms. The van der Waals surface area contributed by atoms with Gasteiger partial charge in [0.2, 0.25) is 0 Å². The quantitative estimate of drug-likeness (QED) is 0.533. The Morgan fingerprint density at radius 2 is 1.87 bits per heavy atom. The Bertz CT molecular complexity index is 751. The van der Waals surface area contributed by atoms with Crippen molar-refractivity contribution in [1.82, 2.24) is 0 Å². The van der Waals surface area contributed by atoms with E-state index in [0.717, 1.165) is 44.3 Å². The molecule has 2 saturated carbocycles. The molecule has 0 aromatic heterocycles. The van der Waals surface area contributed by atoms with E-state index in [4.69, 9.17) is 4.74 Å². The molecule has 174 valence electrons. The van der Waals surface area contributed by atoms with Crippen LogP contribution in [-0.2, 0) is 9.53 Å². The van der Waals surface area contributed by atoms with Gasteiger partial charge in [0.15, 0.2) is 0 Å². The topological polar surface area (TPSA) is 46.5 Å². The molecule has 0 amide bonds. The Balaban J connectivity index is 1.63. The van der Waals surface area contributed by atoms with E-state index < -0.39 is 0 Å². The Hall–Kier alpha value is -1.09. The van der Waals surface area contributed by atoms with Gasteiger partial charge in [0.05, 0.1) is 11.9 Å². The molecule has 0 spiro atoms. The molecule has 4 rings (SSSR count). The smallest absolute Gasteiger partial charge is 0.143 e. The summed E-state index contributed by atoms with van der Waals surface area (Å²) in [7, 11) is 0. The largest absolute Gasteiger partial charge is 0.494 e. The van der Waals surface area contributed by atoms with E-state index in [0.29, 0.717) is 41.8 Å². The zero-order valence-corrected chi connectivity index (χ0v) is 20.6. The van der Waals surface area contributed by atoms with Crippen LogP contribution in [0.5, 0.6) is 0 Å². The maximum Gasteiger partial charge on any atom is 0.143 e. The minimum atomic E-state index is -0.331. The third-order valence-corrected chi connectivity index (χ3v) is 10.1. The molecule has 0 radical (unpaired) electrons. The average Bonchev–Trinajstić information content (AvgIpc) is 2.96. The first-order valence-electron chi connectivity index (χ1n) is 12.8. The molecule has 2 aliphatic heterocycles. The van der Waals surface area contributed by atoms with Gasteiger partial charge < -0.3 is 9.84 Å². The van der Waals surface area contributed by atoms with E-state index in [9.17, 15) is 9.90 Å². The van der Waals surface area contributed by atoms with Crippen LogP contribution in [0.3, 0.4) is 0 Å². The summed E-state index contributed by atoms with van der Waals surface area (Å²) in [5.41, 5.74) is -0.349. The average molecular weight is 429 g/mol. The van der Waals surface area contributed by atoms with Crippen molar-refractivity contribution in [2.24, 2.45) is 46.3 Å². The molecule has 0 aromatic carbocycles. The fourth-order valence-corrected chi connectivity index (χ4v) is 7.24. The second kappa shape index (κ2) is 8.36. The molecule has 2 heterocycles. The van der Waals surface area contributed by atoms with Gasteiger partial charge in [-0.05, 0) is 74.2 Å². The number of carbonyl (C=O) groups is 1. The van der Waals surface area contributed by atoms with E-state index in [-0.39, 0.29) is 29.0 Å². The summed E-state index contributed by atoms with van der Waals surface area (Å²) in [6.45, 7) is 13.7. The predicted molar refractivity (Wildman–Crippen MR) is 125 cm³/mol. The molecule has 2 bridgehead atoms. The second-order valence-electron chi connectivity index (χ2n) is 12.1. The van der Waals surface area contributed by atoms with E-state index in [1.54, 1.807) is 0 Å². The van der Waals surface area contributed by atoms with Crippen molar-refractivity contribution in [3.63, 3.8) is 0 Å². The molecule has 0 aromatic rings. The highest BCUT2D eigenvalue weighted by molar-refractivity contribution is 5.87. The monoisotopic (exact) mass is 428 g/mol. The van der Waals surface area contributed by atoms with Crippen LogP contribution in [0.4, 0.5) is 0 Å². The number of aliphatic hydroxyl groups is 1. The highest BCUT2D eigenvalue weighted by Crippen LogP contribution is 2.60. The first kappa shape index (κ1) is 23.1. The van der Waals surface area contributed by atoms with Crippen LogP contribution in [0.25, 0.3) is 0 Å². The molecule has 3 heteroatoms. The van der Waals surface area contributed by atoms with Gasteiger partial charge in [0.1, 0.15) is 11.9 Å². The lowest BCUT2D eigenvalue weighted by Gasteiger charge is -2.46. The van der Waals surface area contributed by atoms with Gasteiger partial charge in [0, 0.05) is 23.2 Å². The maximum absolute atomic E-state index is 13.9. The molecule has 3 fully saturated rings. The summed E-state index contributed by atoms with van der Waals surface area (Å²) in [4.78, 5) is 13.9. The number of aliphatic hydroxyl groups excluding tert-OH is 1. The van der Waals surface area contributed by atoms with E-state index in [2.05, 4.69) is 59.8 Å². The Morgan fingerprint density at radius 1 is 1.13 bits per heavy atom. The predicted octanol–water partition coefficient (Wildman–Crippen LogP) is 6.32. The number of fused-ring (bicyclic) bond motifs is 6. The van der Waals surface area contributed by atoms with E-state index in [1.807, 2.05) is 0 Å². The Labute approximate surface area is 189 Å². The standard InChI is InChI=1S/C28H44O3/c1-17(2)18(3)7-8-19(4)22-10-11-23-24-12-9-20-15-21(29)13-14-27(20,5)26(31-24)16-25(30)28(22,23)6/h7-8,12,17-23,26,29H,9-11,13-16H2,1-6H3/t18-,19+,20?,21-,22+,23-,26-,27-,28+/m0/s1. The normalized spacial score (nSPS) is 44.7. The van der Waals surface area contributed by atoms with Crippen LogP contribution in [0.15, 0.2) is 24.0 Å². The summed E-state index contributed by atoms with van der Waals surface area (Å²) in [5.74, 6) is 4.10. The lowest BCUT2D eigenvalue weighted by Crippen LogP contribution is -2.46. The molecule has 3 nitrogen and oxygen atoms in total. The zero-order valence-electron chi connectivity index (χ0n) is 20.6. The first-order valence-corrected chi connectivity index (χ1v) is 12.8. The van der Waals surface area contributed by atoms with Crippen molar-refractivity contribution < 1.29 is 14.6 Å². The summed E-state index contributed by atoms with van der Waals surface area (Å²) in [6, 6.07) is 0. The number of hydrogen-bond donors (Lipinski definition) is 1. The van der Waals surface area contributed by atoms with Gasteiger partial charge in [-0.2, -0.15) is 0 Å². The number of allylic oxidation sites excluding steroid dienone is 4. The van der Waals surface area contributed by atoms with Crippen molar-refractivity contribution in [1.29, 1.82) is 0 Å². The third-order valence-electron chi connectivity index (χ3n) is 10.1. The van der Waals surface area contributed by atoms with Gasteiger partial charge in [-0.3, -0.25) is 4.79 Å². The Morgan fingerprint density at radius 3 is 2.58 bits per heavy atom. The van der Waals surface area contributed by atoms with Crippen molar-refractivity contribution in [2.45, 2.75) is 98.7 Å². The summed E-state index contributed by atoms with van der Waals surface area (Å²) < 4.78 is 6.73. The molecular weight excluding hydrogens is 384 g/mol. The van der Waals surface area contributed by atoms with Crippen LogP contribution in [0.2, 0.25) is 0 Å². The number of ether oxygens (including phenoxy) is 1. The lowest BCUT2D eigenvalue weighted by molar-refractivity contribution is -0.135. The third kappa shape index (κ3) is 3.83. The fraction of sp³-hybridized carbons (Fsp3) is 0.821. The first-order chi connectivity index (χ1) is 14.6. The minimum Gasteiger partial charge on any atom is -0.494 e. The lowest BCUT2D eigenvalue weighted by atomic mass is 9.59. The van der Waals surface area contributed by atoms with Crippen molar-refractivity contribution in [3.05, 3.63) is 24.0 Å². The molecule has 1 unspecified atom stereocenters. The molecule has 4 aliphatic rings. The summed E-state index contributed by atoms with van der Waals surface area (Å²) >= 11 is 0. The van der Waals surface area contributed by atoms with Gasteiger partial charge in [-0.15, -0.1) is 0 Å². The second-order valence-corrected chi connectivity index (χ2v) is 12.1. The van der Waals surface area contributed by atoms with E-state index >= 15 is 0 Å². The molecule has 1 N–H and O–H groups in total. The van der Waals surface area contributed by atoms with Crippen LogP contribution >= 0.6 is 0 Å². The summed E-state index contributed by atoms with van der Waals surface area (Å²) in [5, 5.41) is 10.3. The molecule has 9 atom stereocenters. The van der Waals surface area contributed by atoms with Crippen molar-refractivity contribution in [2.75, 3.05) is 0 Å². The van der Waals surface area contributed by atoms with Gasteiger partial charge >= 0.3 is 0 Å². The minimum absolute atomic E-state index is 0.0180. The van der Waals surface area contributed by atoms with E-state index in [1.165, 1.54) is 0 Å². The van der Waals surface area contributed by atoms with Crippen molar-refractivity contribution in [3.8, 4) is 0 Å². The van der Waals surface area contributed by atoms with Crippen molar-refractivity contribution >= 4 is 5.78 Å². The van der Waals surface area contributed by atoms with Crippen LogP contribution in [0, 0.1) is 46.3 Å². The highest BCUT2D eigenvalue weighted by atomic mass is 16.5. The number of rotatable bonds is 4. The number of hydrogen-bond acceptors (Lipinski definition) is 3. The molecule has 2 aliphatic carbocycles. The zero-order chi connectivity index (χ0) is 22.6. The van der Waals surface area contributed by atoms with Gasteiger partial charge in [0.25, 0.3) is 0 Å². The van der Waals surface area contributed by atoms with Gasteiger partial charge in [-0.25, -0.2) is 0 Å². The van der Waals surface area contributed by atoms with Gasteiger partial charge in [-0.1, -0.05) is 53.7 Å². The van der Waals surface area contributed by atoms with Crippen LogP contribution < -0.4 is 0 Å². The van der Waals surface area contributed by atoms with Crippen LogP contribution in [0.1, 0.15) is 86.5 Å². The highest BCUT2D eigenvalue weighted by Gasteiger charge is 2.59.